The van der Waals surface area contributed by atoms with Crippen LogP contribution in [0.25, 0.3) is 6.08 Å². The lowest BCUT2D eigenvalue weighted by atomic mass is 10.0. The molecule has 0 saturated carbocycles. The van der Waals surface area contributed by atoms with E-state index in [-0.39, 0.29) is 23.2 Å². The van der Waals surface area contributed by atoms with Gasteiger partial charge >= 0.3 is 5.97 Å². The number of phenols is 1. The minimum atomic E-state index is -0.586. The van der Waals surface area contributed by atoms with Crippen LogP contribution in [0.5, 0.6) is 11.5 Å². The molecule has 0 spiro atoms. The van der Waals surface area contributed by atoms with E-state index in [1.807, 2.05) is 18.2 Å². The summed E-state index contributed by atoms with van der Waals surface area (Å²) in [6.45, 7) is 2.09. The van der Waals surface area contributed by atoms with Gasteiger partial charge in [-0.3, -0.25) is 4.79 Å². The Hall–Kier alpha value is -2.79. The molecule has 0 amide bonds. The Kier molecular flexibility index (Phi) is 8.13. The predicted octanol–water partition coefficient (Wildman–Crippen LogP) is 6.11. The molecule has 6 heteroatoms. The summed E-state index contributed by atoms with van der Waals surface area (Å²) in [5.41, 5.74) is 1.57. The minimum absolute atomic E-state index is 0.120. The van der Waals surface area contributed by atoms with Crippen LogP contribution < -0.4 is 4.74 Å². The molecule has 1 aliphatic rings. The van der Waals surface area contributed by atoms with Crippen LogP contribution in [0, 0.1) is 0 Å². The first-order chi connectivity index (χ1) is 14.9. The van der Waals surface area contributed by atoms with Crippen molar-refractivity contribution in [3.05, 3.63) is 64.2 Å². The molecule has 0 unspecified atom stereocenters. The van der Waals surface area contributed by atoms with Gasteiger partial charge in [0.15, 0.2) is 0 Å². The topological polar surface area (TPSA) is 72.8 Å². The summed E-state index contributed by atoms with van der Waals surface area (Å²) in [4.78, 5) is 24.7. The zero-order valence-electron chi connectivity index (χ0n) is 17.6. The molecule has 0 radical (unpaired) electrons. The van der Waals surface area contributed by atoms with Crippen molar-refractivity contribution in [2.24, 2.45) is 0 Å². The van der Waals surface area contributed by atoms with Gasteiger partial charge in [-0.25, -0.2) is 4.79 Å². The van der Waals surface area contributed by atoms with Crippen molar-refractivity contribution in [1.82, 2.24) is 0 Å². The third-order valence-electron chi connectivity index (χ3n) is 5.14. The van der Waals surface area contributed by atoms with Gasteiger partial charge < -0.3 is 14.6 Å². The van der Waals surface area contributed by atoms with Gasteiger partial charge in [-0.05, 0) is 61.9 Å². The summed E-state index contributed by atoms with van der Waals surface area (Å²) < 4.78 is 11.3. The molecule has 1 heterocycles. The molecule has 1 N–H and O–H groups in total. The summed E-state index contributed by atoms with van der Waals surface area (Å²) in [7, 11) is 0. The molecular formula is C25H27ClO5. The number of ketones is 1. The third-order valence-corrected chi connectivity index (χ3v) is 5.39. The van der Waals surface area contributed by atoms with E-state index in [2.05, 4.69) is 0 Å². The quantitative estimate of drug-likeness (QED) is 0.581. The SMILES string of the molecule is C[C@H]1CCCC(=O)CCCC=Cc2cc(OCc3ccc(Cl)cc3)cc(O)c2C(=O)O1. The summed E-state index contributed by atoms with van der Waals surface area (Å²) in [5, 5.41) is 11.2. The number of phenolic OH excluding ortho intramolecular Hbond substituents is 1. The number of halogens is 1. The minimum Gasteiger partial charge on any atom is -0.507 e. The van der Waals surface area contributed by atoms with Crippen LogP contribution in [-0.4, -0.2) is 23.0 Å². The molecule has 2 aromatic rings. The summed E-state index contributed by atoms with van der Waals surface area (Å²) in [6.07, 6.45) is 7.11. The lowest BCUT2D eigenvalue weighted by molar-refractivity contribution is -0.119. The summed E-state index contributed by atoms with van der Waals surface area (Å²) >= 11 is 5.91. The van der Waals surface area contributed by atoms with E-state index in [1.54, 1.807) is 31.2 Å². The van der Waals surface area contributed by atoms with Crippen molar-refractivity contribution < 1.29 is 24.2 Å². The van der Waals surface area contributed by atoms with Gasteiger partial charge in [-0.15, -0.1) is 0 Å². The van der Waals surface area contributed by atoms with Crippen LogP contribution in [0.3, 0.4) is 0 Å². The Morgan fingerprint density at radius 3 is 2.65 bits per heavy atom. The Morgan fingerprint density at radius 1 is 1.13 bits per heavy atom. The second-order valence-corrected chi connectivity index (χ2v) is 8.20. The monoisotopic (exact) mass is 442 g/mol. The van der Waals surface area contributed by atoms with E-state index in [1.165, 1.54) is 6.07 Å². The zero-order valence-corrected chi connectivity index (χ0v) is 18.4. The van der Waals surface area contributed by atoms with E-state index >= 15 is 0 Å². The number of carbonyl (C=O) groups is 2. The number of ether oxygens (including phenoxy) is 2. The zero-order chi connectivity index (χ0) is 22.2. The normalized spacial score (nSPS) is 18.1. The highest BCUT2D eigenvalue weighted by Gasteiger charge is 2.21. The standard InChI is InChI=1S/C25H27ClO5/c1-17-6-5-9-21(27)8-4-2-3-7-19-14-22(15-23(28)24(19)25(29)31-17)30-16-18-10-12-20(26)13-11-18/h3,7,10-15,17,28H,2,4-6,8-9,16H2,1H3/t17-/m0/s1. The molecule has 1 aliphatic heterocycles. The molecule has 5 nitrogen and oxygen atoms in total. The maximum Gasteiger partial charge on any atom is 0.342 e. The van der Waals surface area contributed by atoms with Crippen molar-refractivity contribution in [2.45, 2.75) is 58.2 Å². The fraction of sp³-hybridized carbons (Fsp3) is 0.360. The molecule has 1 atom stereocenters. The van der Waals surface area contributed by atoms with Crippen LogP contribution in [0.4, 0.5) is 0 Å². The fourth-order valence-electron chi connectivity index (χ4n) is 3.45. The Bertz CT molecular complexity index is 949. The number of benzene rings is 2. The van der Waals surface area contributed by atoms with Gasteiger partial charge in [-0.1, -0.05) is 35.9 Å². The highest BCUT2D eigenvalue weighted by atomic mass is 35.5. The number of carbonyl (C=O) groups excluding carboxylic acids is 2. The van der Waals surface area contributed by atoms with E-state index in [0.29, 0.717) is 55.0 Å². The van der Waals surface area contributed by atoms with Crippen molar-refractivity contribution >= 4 is 29.4 Å². The Labute approximate surface area is 187 Å². The smallest absolute Gasteiger partial charge is 0.342 e. The van der Waals surface area contributed by atoms with Crippen molar-refractivity contribution in [2.75, 3.05) is 0 Å². The van der Waals surface area contributed by atoms with Gasteiger partial charge in [0.25, 0.3) is 0 Å². The first-order valence-corrected chi connectivity index (χ1v) is 10.9. The fourth-order valence-corrected chi connectivity index (χ4v) is 3.57. The first-order valence-electron chi connectivity index (χ1n) is 10.6. The molecule has 2 aromatic carbocycles. The van der Waals surface area contributed by atoms with Gasteiger partial charge in [0, 0.05) is 23.9 Å². The van der Waals surface area contributed by atoms with Crippen molar-refractivity contribution in [1.29, 1.82) is 0 Å². The number of cyclic esters (lactones) is 1. The van der Waals surface area contributed by atoms with E-state index < -0.39 is 5.97 Å². The highest BCUT2D eigenvalue weighted by Crippen LogP contribution is 2.31. The van der Waals surface area contributed by atoms with Crippen LogP contribution >= 0.6 is 11.6 Å². The van der Waals surface area contributed by atoms with Crippen molar-refractivity contribution in [3.63, 3.8) is 0 Å². The summed E-state index contributed by atoms with van der Waals surface area (Å²) in [5.74, 6) is -0.0991. The van der Waals surface area contributed by atoms with Crippen LogP contribution in [0.1, 0.15) is 66.9 Å². The summed E-state index contributed by atoms with van der Waals surface area (Å²) in [6, 6.07) is 10.4. The second kappa shape index (κ2) is 11.0. The van der Waals surface area contributed by atoms with Crippen LogP contribution in [0.15, 0.2) is 42.5 Å². The molecule has 0 saturated heterocycles. The van der Waals surface area contributed by atoms with Crippen LogP contribution in [-0.2, 0) is 16.1 Å². The van der Waals surface area contributed by atoms with Crippen molar-refractivity contribution in [3.8, 4) is 11.5 Å². The molecule has 0 aliphatic carbocycles. The van der Waals surface area contributed by atoms with E-state index in [9.17, 15) is 14.7 Å². The van der Waals surface area contributed by atoms with Gasteiger partial charge in [-0.2, -0.15) is 0 Å². The number of rotatable bonds is 3. The number of hydrogen-bond acceptors (Lipinski definition) is 5. The second-order valence-electron chi connectivity index (χ2n) is 7.76. The van der Waals surface area contributed by atoms with E-state index in [0.717, 1.165) is 12.0 Å². The lowest BCUT2D eigenvalue weighted by Crippen LogP contribution is -2.17. The van der Waals surface area contributed by atoms with Gasteiger partial charge in [0.05, 0.1) is 6.10 Å². The van der Waals surface area contributed by atoms with Gasteiger partial charge in [0.2, 0.25) is 0 Å². The number of fused-ring (bicyclic) bond motifs is 1. The number of aromatic hydroxyl groups is 1. The Balaban J connectivity index is 1.84. The number of hydrogen-bond donors (Lipinski definition) is 1. The third kappa shape index (κ3) is 6.86. The maximum atomic E-state index is 12.8. The molecule has 3 rings (SSSR count). The average molecular weight is 443 g/mol. The molecular weight excluding hydrogens is 416 g/mol. The average Bonchev–Trinajstić information content (AvgIpc) is 2.72. The molecule has 0 aromatic heterocycles. The number of Topliss-reactive ketones (excluding diaryl/α,β-unsaturated/α-hetero) is 1. The highest BCUT2D eigenvalue weighted by molar-refractivity contribution is 6.30. The molecule has 0 bridgehead atoms. The van der Waals surface area contributed by atoms with E-state index in [4.69, 9.17) is 21.1 Å². The maximum absolute atomic E-state index is 12.8. The molecule has 31 heavy (non-hydrogen) atoms. The number of esters is 1. The largest absolute Gasteiger partial charge is 0.507 e. The van der Waals surface area contributed by atoms with Gasteiger partial charge in [0.1, 0.15) is 29.5 Å². The number of allylic oxidation sites excluding steroid dienone is 1. The first kappa shape index (κ1) is 22.9. The predicted molar refractivity (Wildman–Crippen MR) is 121 cm³/mol. The molecule has 0 fully saturated rings. The van der Waals surface area contributed by atoms with Crippen LogP contribution in [0.2, 0.25) is 5.02 Å². The Morgan fingerprint density at radius 2 is 1.87 bits per heavy atom. The molecule has 164 valence electrons. The lowest BCUT2D eigenvalue weighted by Gasteiger charge is -2.16.